The van der Waals surface area contributed by atoms with Gasteiger partial charge in [-0.25, -0.2) is 11.0 Å². The lowest BCUT2D eigenvalue weighted by Gasteiger charge is -2.33. The maximum Gasteiger partial charge on any atom is 0.273 e. The van der Waals surface area contributed by atoms with Crippen molar-refractivity contribution >= 4 is 28.5 Å². The molecule has 0 heterocycles. The minimum absolute atomic E-state index is 0.148. The summed E-state index contributed by atoms with van der Waals surface area (Å²) in [6, 6.07) is 12.6. The molecule has 0 bridgehead atoms. The molecule has 0 spiro atoms. The molecular formula is C28H41N3O6. The third kappa shape index (κ3) is 9.10. The van der Waals surface area contributed by atoms with Crippen molar-refractivity contribution in [1.29, 1.82) is 0 Å². The van der Waals surface area contributed by atoms with Crippen molar-refractivity contribution in [2.45, 2.75) is 79.1 Å². The van der Waals surface area contributed by atoms with Crippen LogP contribution in [0.4, 0.5) is 0 Å². The van der Waals surface area contributed by atoms with Crippen molar-refractivity contribution in [1.82, 2.24) is 16.3 Å². The highest BCUT2D eigenvalue weighted by Gasteiger charge is 2.40. The molecule has 0 aliphatic carbocycles. The van der Waals surface area contributed by atoms with Gasteiger partial charge in [-0.15, -0.1) is 0 Å². The molecule has 4 N–H and O–H groups in total. The highest BCUT2D eigenvalue weighted by molar-refractivity contribution is 5.93. The first-order valence-corrected chi connectivity index (χ1v) is 12.6. The summed E-state index contributed by atoms with van der Waals surface area (Å²) < 4.78 is 5.75. The predicted octanol–water partition coefficient (Wildman–Crippen LogP) is 3.68. The third-order valence-corrected chi connectivity index (χ3v) is 5.71. The van der Waals surface area contributed by atoms with E-state index >= 15 is 0 Å². The standard InChI is InChI=1S/C28H41N3O6/c1-8-15-36-22(25(33)30-35)21(17-18-13-14-19-11-9-10-12-20(19)16-18)24(32)29-23(27(2,3)4)26(34)31-37-28(5,6)7/h9-14,16,21-23,35H,8,15,17H2,1-7H3,(H,29,32)(H,30,33)(H,31,34)/t21-,22+,23-/m1/s1. The molecule has 2 aromatic rings. The van der Waals surface area contributed by atoms with E-state index in [2.05, 4.69) is 10.8 Å². The molecule has 2 aromatic carbocycles. The van der Waals surface area contributed by atoms with Gasteiger partial charge in [0.25, 0.3) is 11.8 Å². The maximum atomic E-state index is 13.7. The van der Waals surface area contributed by atoms with E-state index < -0.39 is 46.8 Å². The van der Waals surface area contributed by atoms with E-state index in [9.17, 15) is 19.6 Å². The first kappa shape index (κ1) is 30.2. The zero-order valence-corrected chi connectivity index (χ0v) is 22.9. The maximum absolute atomic E-state index is 13.7. The normalized spacial score (nSPS) is 14.5. The zero-order valence-electron chi connectivity index (χ0n) is 22.9. The van der Waals surface area contributed by atoms with Gasteiger partial charge < -0.3 is 10.1 Å². The molecule has 3 amide bonds. The van der Waals surface area contributed by atoms with Gasteiger partial charge in [-0.1, -0.05) is 70.2 Å². The molecule has 0 saturated heterocycles. The summed E-state index contributed by atoms with van der Waals surface area (Å²) in [7, 11) is 0. The van der Waals surface area contributed by atoms with E-state index in [4.69, 9.17) is 9.57 Å². The Morgan fingerprint density at radius 1 is 0.919 bits per heavy atom. The van der Waals surface area contributed by atoms with Crippen LogP contribution in [-0.2, 0) is 30.4 Å². The van der Waals surface area contributed by atoms with Gasteiger partial charge in [-0.05, 0) is 55.4 Å². The molecule has 0 radical (unpaired) electrons. The fraction of sp³-hybridized carbons (Fsp3) is 0.536. The van der Waals surface area contributed by atoms with Crippen molar-refractivity contribution < 1.29 is 29.2 Å². The van der Waals surface area contributed by atoms with Crippen LogP contribution in [0.15, 0.2) is 42.5 Å². The Hall–Kier alpha value is -3.01. The zero-order chi connectivity index (χ0) is 27.8. The molecule has 0 aliphatic heterocycles. The lowest BCUT2D eigenvalue weighted by Crippen LogP contribution is -2.57. The third-order valence-electron chi connectivity index (χ3n) is 5.71. The Kier molecular flexibility index (Phi) is 10.6. The number of nitrogens with one attached hydrogen (secondary N) is 3. The second-order valence-electron chi connectivity index (χ2n) is 11.2. The van der Waals surface area contributed by atoms with Crippen LogP contribution in [0.25, 0.3) is 10.8 Å². The number of benzene rings is 2. The molecule has 0 unspecified atom stereocenters. The minimum Gasteiger partial charge on any atom is -0.367 e. The molecule has 0 fully saturated rings. The Morgan fingerprint density at radius 3 is 2.14 bits per heavy atom. The van der Waals surface area contributed by atoms with Crippen LogP contribution in [0.1, 0.15) is 60.5 Å². The fourth-order valence-corrected chi connectivity index (χ4v) is 3.83. The van der Waals surface area contributed by atoms with Crippen LogP contribution in [0, 0.1) is 11.3 Å². The number of amides is 3. The van der Waals surface area contributed by atoms with E-state index in [1.165, 1.54) is 0 Å². The number of carbonyl (C=O) groups is 3. The SMILES string of the molecule is CCCO[C@H](C(=O)NO)[C@@H](Cc1ccc2ccccc2c1)C(=O)N[C@H](C(=O)NOC(C)(C)C)C(C)(C)C. The van der Waals surface area contributed by atoms with Crippen molar-refractivity contribution in [3.05, 3.63) is 48.0 Å². The Morgan fingerprint density at radius 2 is 1.57 bits per heavy atom. The van der Waals surface area contributed by atoms with Gasteiger partial charge in [0.15, 0.2) is 0 Å². The van der Waals surface area contributed by atoms with Crippen LogP contribution in [-0.4, -0.2) is 47.3 Å². The number of carbonyl (C=O) groups excluding carboxylic acids is 3. The van der Waals surface area contributed by atoms with Crippen LogP contribution in [0.2, 0.25) is 0 Å². The van der Waals surface area contributed by atoms with Crippen LogP contribution >= 0.6 is 0 Å². The highest BCUT2D eigenvalue weighted by atomic mass is 16.7. The molecule has 9 nitrogen and oxygen atoms in total. The summed E-state index contributed by atoms with van der Waals surface area (Å²) in [6.45, 7) is 12.9. The first-order chi connectivity index (χ1) is 17.3. The average Bonchev–Trinajstić information content (AvgIpc) is 2.83. The van der Waals surface area contributed by atoms with Crippen molar-refractivity contribution in [2.75, 3.05) is 6.61 Å². The van der Waals surface area contributed by atoms with Gasteiger partial charge in [0.2, 0.25) is 5.91 Å². The molecule has 2 rings (SSSR count). The van der Waals surface area contributed by atoms with Gasteiger partial charge in [0.05, 0.1) is 11.5 Å². The predicted molar refractivity (Wildman–Crippen MR) is 141 cm³/mol. The molecule has 37 heavy (non-hydrogen) atoms. The van der Waals surface area contributed by atoms with Crippen LogP contribution in [0.5, 0.6) is 0 Å². The van der Waals surface area contributed by atoms with E-state index in [1.54, 1.807) is 26.3 Å². The van der Waals surface area contributed by atoms with E-state index in [0.29, 0.717) is 6.42 Å². The molecule has 9 heteroatoms. The lowest BCUT2D eigenvalue weighted by molar-refractivity contribution is -0.155. The van der Waals surface area contributed by atoms with Crippen molar-refractivity contribution in [2.24, 2.45) is 11.3 Å². The summed E-state index contributed by atoms with van der Waals surface area (Å²) in [5, 5.41) is 14.2. The summed E-state index contributed by atoms with van der Waals surface area (Å²) in [5.74, 6) is -2.93. The summed E-state index contributed by atoms with van der Waals surface area (Å²) in [4.78, 5) is 44.8. The molecule has 3 atom stereocenters. The number of hydrogen-bond acceptors (Lipinski definition) is 6. The molecule has 0 aliphatic rings. The van der Waals surface area contributed by atoms with Gasteiger partial charge in [0, 0.05) is 6.61 Å². The topological polar surface area (TPSA) is 126 Å². The number of ether oxygens (including phenoxy) is 1. The van der Waals surface area contributed by atoms with E-state index in [1.807, 2.05) is 70.2 Å². The van der Waals surface area contributed by atoms with E-state index in [0.717, 1.165) is 16.3 Å². The highest BCUT2D eigenvalue weighted by Crippen LogP contribution is 2.24. The van der Waals surface area contributed by atoms with Crippen LogP contribution < -0.4 is 16.3 Å². The largest absolute Gasteiger partial charge is 0.367 e. The Balaban J connectivity index is 2.41. The number of hydroxylamine groups is 2. The number of rotatable bonds is 11. The minimum atomic E-state index is -1.27. The number of fused-ring (bicyclic) bond motifs is 1. The smallest absolute Gasteiger partial charge is 0.273 e. The average molecular weight is 516 g/mol. The Bertz CT molecular complexity index is 1070. The lowest BCUT2D eigenvalue weighted by atomic mass is 9.84. The van der Waals surface area contributed by atoms with Crippen molar-refractivity contribution in [3.8, 4) is 0 Å². The molecule has 204 valence electrons. The Labute approximate surface area is 219 Å². The first-order valence-electron chi connectivity index (χ1n) is 12.6. The number of hydrogen-bond donors (Lipinski definition) is 4. The van der Waals surface area contributed by atoms with Gasteiger partial charge >= 0.3 is 0 Å². The van der Waals surface area contributed by atoms with Gasteiger partial charge in [-0.3, -0.25) is 24.4 Å². The summed E-state index contributed by atoms with van der Waals surface area (Å²) >= 11 is 0. The van der Waals surface area contributed by atoms with Crippen molar-refractivity contribution in [3.63, 3.8) is 0 Å². The van der Waals surface area contributed by atoms with Crippen LogP contribution in [0.3, 0.4) is 0 Å². The molecule has 0 aromatic heterocycles. The quantitative estimate of drug-likeness (QED) is 0.267. The molecule has 0 saturated carbocycles. The van der Waals surface area contributed by atoms with Gasteiger partial charge in [0.1, 0.15) is 12.1 Å². The van der Waals surface area contributed by atoms with Gasteiger partial charge in [-0.2, -0.15) is 0 Å². The molecular weight excluding hydrogens is 474 g/mol. The fourth-order valence-electron chi connectivity index (χ4n) is 3.83. The summed E-state index contributed by atoms with van der Waals surface area (Å²) in [6.07, 6.45) is -0.516. The monoisotopic (exact) mass is 515 g/mol. The second-order valence-corrected chi connectivity index (χ2v) is 11.2. The van der Waals surface area contributed by atoms with E-state index in [-0.39, 0.29) is 13.0 Å². The second kappa shape index (κ2) is 13.0. The summed E-state index contributed by atoms with van der Waals surface area (Å²) in [5.41, 5.74) is 3.57.